The van der Waals surface area contributed by atoms with Crippen molar-refractivity contribution in [2.45, 2.75) is 30.7 Å². The third-order valence-electron chi connectivity index (χ3n) is 3.85. The monoisotopic (exact) mass is 334 g/mol. The zero-order valence-corrected chi connectivity index (χ0v) is 13.5. The Labute approximate surface area is 133 Å². The predicted octanol–water partition coefficient (Wildman–Crippen LogP) is 2.42. The van der Waals surface area contributed by atoms with Crippen LogP contribution in [0.2, 0.25) is 0 Å². The molecule has 0 atom stereocenters. The number of anilines is 1. The quantitative estimate of drug-likeness (QED) is 0.930. The zero-order chi connectivity index (χ0) is 16.8. The van der Waals surface area contributed by atoms with Gasteiger partial charge in [0.15, 0.2) is 5.03 Å². The Morgan fingerprint density at radius 2 is 2.13 bits per heavy atom. The summed E-state index contributed by atoms with van der Waals surface area (Å²) in [6.07, 6.45) is 3.44. The lowest BCUT2D eigenvalue weighted by molar-refractivity contribution is 0.579. The molecule has 0 unspecified atom stereocenters. The molecule has 120 valence electrons. The minimum atomic E-state index is -3.92. The standard InChI is InChI=1S/C15H15FN4O2S/c1-9-5-14(11(7-17)6-13(9)16)19-23(21,22)15-12(10-3-4-10)8-18-20(15)2/h5-6,8,10,19H,3-4H2,1-2H3. The van der Waals surface area contributed by atoms with Gasteiger partial charge in [-0.15, -0.1) is 0 Å². The molecule has 3 rings (SSSR count). The Balaban J connectivity index is 2.05. The third kappa shape index (κ3) is 2.80. The first-order valence-electron chi connectivity index (χ1n) is 7.08. The van der Waals surface area contributed by atoms with Crippen molar-refractivity contribution in [2.24, 2.45) is 7.05 Å². The minimum Gasteiger partial charge on any atom is -0.277 e. The molecule has 1 saturated carbocycles. The molecule has 0 amide bonds. The first-order valence-corrected chi connectivity index (χ1v) is 8.56. The number of nitrogens with one attached hydrogen (secondary N) is 1. The Morgan fingerprint density at radius 3 is 2.74 bits per heavy atom. The Bertz CT molecular complexity index is 924. The van der Waals surface area contributed by atoms with Crippen molar-refractivity contribution in [1.29, 1.82) is 5.26 Å². The van der Waals surface area contributed by atoms with Gasteiger partial charge in [0.05, 0.1) is 17.4 Å². The van der Waals surface area contributed by atoms with Crippen LogP contribution < -0.4 is 4.72 Å². The topological polar surface area (TPSA) is 87.8 Å². The molecule has 0 bridgehead atoms. The van der Waals surface area contributed by atoms with E-state index >= 15 is 0 Å². The van der Waals surface area contributed by atoms with E-state index in [-0.39, 0.29) is 27.8 Å². The zero-order valence-electron chi connectivity index (χ0n) is 12.7. The maximum Gasteiger partial charge on any atom is 0.279 e. The van der Waals surface area contributed by atoms with Crippen LogP contribution in [0, 0.1) is 24.1 Å². The van der Waals surface area contributed by atoms with Gasteiger partial charge in [0.2, 0.25) is 0 Å². The van der Waals surface area contributed by atoms with Crippen LogP contribution in [0.3, 0.4) is 0 Å². The average molecular weight is 334 g/mol. The molecule has 1 aromatic carbocycles. The highest BCUT2D eigenvalue weighted by molar-refractivity contribution is 7.92. The van der Waals surface area contributed by atoms with Crippen LogP contribution in [0.1, 0.15) is 35.4 Å². The van der Waals surface area contributed by atoms with Gasteiger partial charge in [-0.05, 0) is 43.4 Å². The first-order chi connectivity index (χ1) is 10.8. The highest BCUT2D eigenvalue weighted by Gasteiger charge is 2.34. The summed E-state index contributed by atoms with van der Waals surface area (Å²) in [7, 11) is -2.36. The van der Waals surface area contributed by atoms with Crippen LogP contribution >= 0.6 is 0 Å². The summed E-state index contributed by atoms with van der Waals surface area (Å²) in [4.78, 5) is 0. The molecule has 0 saturated heterocycles. The molecule has 23 heavy (non-hydrogen) atoms. The average Bonchev–Trinajstić information content (AvgIpc) is 3.24. The summed E-state index contributed by atoms with van der Waals surface area (Å²) in [5.41, 5.74) is 0.938. The van der Waals surface area contributed by atoms with E-state index in [1.54, 1.807) is 19.3 Å². The van der Waals surface area contributed by atoms with Crippen molar-refractivity contribution >= 4 is 15.7 Å². The van der Waals surface area contributed by atoms with E-state index in [1.807, 2.05) is 0 Å². The van der Waals surface area contributed by atoms with Crippen LogP contribution in [0.4, 0.5) is 10.1 Å². The number of hydrogen-bond acceptors (Lipinski definition) is 4. The lowest BCUT2D eigenvalue weighted by Gasteiger charge is -2.12. The summed E-state index contributed by atoms with van der Waals surface area (Å²) in [5.74, 6) is -0.343. The number of aromatic nitrogens is 2. The fourth-order valence-electron chi connectivity index (χ4n) is 2.50. The van der Waals surface area contributed by atoms with Gasteiger partial charge in [-0.2, -0.15) is 18.8 Å². The summed E-state index contributed by atoms with van der Waals surface area (Å²) < 4.78 is 42.7. The van der Waals surface area contributed by atoms with Crippen LogP contribution in [0.25, 0.3) is 0 Å². The highest BCUT2D eigenvalue weighted by atomic mass is 32.2. The summed E-state index contributed by atoms with van der Waals surface area (Å²) >= 11 is 0. The number of nitriles is 1. The van der Waals surface area contributed by atoms with E-state index in [2.05, 4.69) is 9.82 Å². The molecule has 1 heterocycles. The predicted molar refractivity (Wildman–Crippen MR) is 81.8 cm³/mol. The molecule has 6 nitrogen and oxygen atoms in total. The molecule has 8 heteroatoms. The number of sulfonamides is 1. The largest absolute Gasteiger partial charge is 0.279 e. The molecule has 2 aromatic rings. The maximum atomic E-state index is 13.6. The highest BCUT2D eigenvalue weighted by Crippen LogP contribution is 2.43. The molecule has 0 radical (unpaired) electrons. The van der Waals surface area contributed by atoms with Gasteiger partial charge < -0.3 is 0 Å². The summed E-state index contributed by atoms with van der Waals surface area (Å²) in [6.45, 7) is 1.51. The van der Waals surface area contributed by atoms with Crippen LogP contribution in [0.5, 0.6) is 0 Å². The van der Waals surface area contributed by atoms with Crippen molar-refractivity contribution < 1.29 is 12.8 Å². The number of aryl methyl sites for hydroxylation is 2. The third-order valence-corrected chi connectivity index (χ3v) is 5.34. The van der Waals surface area contributed by atoms with Crippen molar-refractivity contribution in [1.82, 2.24) is 9.78 Å². The molecule has 1 aliphatic rings. The number of rotatable bonds is 4. The normalized spacial score (nSPS) is 14.5. The van der Waals surface area contributed by atoms with Crippen LogP contribution in [0.15, 0.2) is 23.4 Å². The van der Waals surface area contributed by atoms with Gasteiger partial charge in [-0.25, -0.2) is 4.39 Å². The van der Waals surface area contributed by atoms with Gasteiger partial charge in [0.25, 0.3) is 10.0 Å². The van der Waals surface area contributed by atoms with E-state index in [4.69, 9.17) is 5.26 Å². The van der Waals surface area contributed by atoms with Gasteiger partial charge in [-0.1, -0.05) is 0 Å². The minimum absolute atomic E-state index is 0.0631. The van der Waals surface area contributed by atoms with Crippen LogP contribution in [-0.4, -0.2) is 18.2 Å². The summed E-state index contributed by atoms with van der Waals surface area (Å²) in [6, 6.07) is 4.15. The van der Waals surface area contributed by atoms with E-state index in [1.165, 1.54) is 17.7 Å². The molecule has 1 fully saturated rings. The molecule has 0 spiro atoms. The maximum absolute atomic E-state index is 13.6. The number of hydrogen-bond donors (Lipinski definition) is 1. The molecule has 1 N–H and O–H groups in total. The van der Waals surface area contributed by atoms with E-state index in [9.17, 15) is 12.8 Å². The lowest BCUT2D eigenvalue weighted by atomic mass is 10.1. The smallest absolute Gasteiger partial charge is 0.277 e. The van der Waals surface area contributed by atoms with Crippen molar-refractivity contribution in [3.63, 3.8) is 0 Å². The lowest BCUT2D eigenvalue weighted by Crippen LogP contribution is -2.19. The SMILES string of the molecule is Cc1cc(NS(=O)(=O)c2c(C3CC3)cnn2C)c(C#N)cc1F. The Morgan fingerprint density at radius 1 is 1.43 bits per heavy atom. The van der Waals surface area contributed by atoms with Crippen LogP contribution in [-0.2, 0) is 17.1 Å². The second-order valence-electron chi connectivity index (χ2n) is 5.67. The number of halogens is 1. The number of nitrogens with zero attached hydrogens (tertiary/aromatic N) is 3. The molecular weight excluding hydrogens is 319 g/mol. The molecule has 1 aromatic heterocycles. The van der Waals surface area contributed by atoms with Gasteiger partial charge in [0.1, 0.15) is 11.9 Å². The fraction of sp³-hybridized carbons (Fsp3) is 0.333. The van der Waals surface area contributed by atoms with E-state index in [0.717, 1.165) is 18.9 Å². The second-order valence-corrected chi connectivity index (χ2v) is 7.26. The van der Waals surface area contributed by atoms with Gasteiger partial charge >= 0.3 is 0 Å². The Hall–Kier alpha value is -2.40. The van der Waals surface area contributed by atoms with Crippen molar-refractivity contribution in [2.75, 3.05) is 4.72 Å². The number of benzene rings is 1. The van der Waals surface area contributed by atoms with Crippen molar-refractivity contribution in [3.05, 3.63) is 40.8 Å². The molecular formula is C15H15FN4O2S. The van der Waals surface area contributed by atoms with E-state index in [0.29, 0.717) is 5.56 Å². The first kappa shape index (κ1) is 15.5. The molecule has 1 aliphatic carbocycles. The summed E-state index contributed by atoms with van der Waals surface area (Å²) in [5, 5.41) is 13.2. The van der Waals surface area contributed by atoms with Crippen molar-refractivity contribution in [3.8, 4) is 6.07 Å². The fourth-order valence-corrected chi connectivity index (χ4v) is 3.98. The Kier molecular flexibility index (Phi) is 3.60. The van der Waals surface area contributed by atoms with E-state index < -0.39 is 15.8 Å². The van der Waals surface area contributed by atoms with Gasteiger partial charge in [-0.3, -0.25) is 9.40 Å². The molecule has 0 aliphatic heterocycles. The van der Waals surface area contributed by atoms with Gasteiger partial charge in [0, 0.05) is 12.6 Å². The second kappa shape index (κ2) is 5.35.